The number of nitrogens with one attached hydrogen (secondary N) is 1. The van der Waals surface area contributed by atoms with Crippen LogP contribution in [0.4, 0.5) is 5.69 Å². The lowest BCUT2D eigenvalue weighted by Gasteiger charge is -2.11. The minimum Gasteiger partial charge on any atom is -0.462 e. The molecule has 1 N–H and O–H groups in total. The number of hydrogen-bond donors (Lipinski definition) is 1. The lowest BCUT2D eigenvalue weighted by molar-refractivity contribution is -0.116. The molecule has 1 aliphatic rings. The molecule has 0 radical (unpaired) electrons. The highest BCUT2D eigenvalue weighted by Gasteiger charge is 2.37. The molecule has 0 aliphatic carbocycles. The maximum atomic E-state index is 12.7. The molecule has 3 heterocycles. The van der Waals surface area contributed by atoms with E-state index in [4.69, 9.17) is 9.47 Å². The summed E-state index contributed by atoms with van der Waals surface area (Å²) in [6.07, 6.45) is 2.67. The molecule has 0 bridgehead atoms. The predicted molar refractivity (Wildman–Crippen MR) is 102 cm³/mol. The van der Waals surface area contributed by atoms with Crippen LogP contribution in [0.15, 0.2) is 36.8 Å². The highest BCUT2D eigenvalue weighted by Crippen LogP contribution is 2.38. The largest absolute Gasteiger partial charge is 0.462 e. The van der Waals surface area contributed by atoms with E-state index in [0.717, 1.165) is 5.56 Å². The molecule has 0 fully saturated rings. The van der Waals surface area contributed by atoms with Crippen molar-refractivity contribution in [1.82, 2.24) is 14.6 Å². The number of esters is 2. The third-order valence-electron chi connectivity index (χ3n) is 4.64. The van der Waals surface area contributed by atoms with Crippen molar-refractivity contribution in [2.75, 3.05) is 18.5 Å². The van der Waals surface area contributed by atoms with Gasteiger partial charge in [0.25, 0.3) is 0 Å². The molecule has 1 amide bonds. The number of rotatable bonds is 5. The monoisotopic (exact) mass is 394 g/mol. The van der Waals surface area contributed by atoms with E-state index in [9.17, 15) is 14.4 Å². The van der Waals surface area contributed by atoms with Gasteiger partial charge in [0.1, 0.15) is 23.3 Å². The van der Waals surface area contributed by atoms with Crippen molar-refractivity contribution in [3.8, 4) is 0 Å². The molecule has 0 spiro atoms. The summed E-state index contributed by atoms with van der Waals surface area (Å²) in [5.41, 5.74) is 1.95. The van der Waals surface area contributed by atoms with Gasteiger partial charge in [0.15, 0.2) is 0 Å². The minimum atomic E-state index is -0.755. The molecule has 1 aliphatic heterocycles. The molecule has 1 unspecified atom stereocenters. The minimum absolute atomic E-state index is 0.0127. The van der Waals surface area contributed by atoms with Crippen LogP contribution in [0, 0.1) is 0 Å². The van der Waals surface area contributed by atoms with Crippen molar-refractivity contribution < 1.29 is 23.9 Å². The Morgan fingerprint density at radius 3 is 2.62 bits per heavy atom. The van der Waals surface area contributed by atoms with E-state index in [2.05, 4.69) is 15.4 Å². The molecule has 148 valence electrons. The van der Waals surface area contributed by atoms with Gasteiger partial charge < -0.3 is 14.8 Å². The van der Waals surface area contributed by atoms with Crippen molar-refractivity contribution in [3.63, 3.8) is 0 Å². The van der Waals surface area contributed by atoms with Crippen molar-refractivity contribution in [2.45, 2.75) is 19.8 Å². The first-order chi connectivity index (χ1) is 14.1. The summed E-state index contributed by atoms with van der Waals surface area (Å²) >= 11 is 0. The summed E-state index contributed by atoms with van der Waals surface area (Å²) in [5, 5.41) is 6.94. The first kappa shape index (κ1) is 18.6. The molecule has 9 heteroatoms. The molecule has 0 saturated carbocycles. The molecular weight excluding hydrogens is 376 g/mol. The summed E-state index contributed by atoms with van der Waals surface area (Å²) in [5.74, 6) is -2.42. The van der Waals surface area contributed by atoms with E-state index in [0.29, 0.717) is 11.4 Å². The average molecular weight is 394 g/mol. The number of ether oxygens (including phenoxy) is 2. The SMILES string of the molecule is CCOC(=O)c1cn2ncnc(C3C(=O)Nc4ccccc43)c2c1C(=O)OCC. The van der Waals surface area contributed by atoms with Crippen molar-refractivity contribution >= 4 is 29.0 Å². The Morgan fingerprint density at radius 2 is 1.86 bits per heavy atom. The van der Waals surface area contributed by atoms with Gasteiger partial charge in [-0.15, -0.1) is 0 Å². The maximum absolute atomic E-state index is 12.7. The van der Waals surface area contributed by atoms with Gasteiger partial charge in [0.05, 0.1) is 24.5 Å². The summed E-state index contributed by atoms with van der Waals surface area (Å²) in [7, 11) is 0. The van der Waals surface area contributed by atoms with Gasteiger partial charge in [-0.3, -0.25) is 4.79 Å². The van der Waals surface area contributed by atoms with Crippen LogP contribution >= 0.6 is 0 Å². The Bertz CT molecular complexity index is 1140. The van der Waals surface area contributed by atoms with Crippen LogP contribution in [0.3, 0.4) is 0 Å². The van der Waals surface area contributed by atoms with E-state index >= 15 is 0 Å². The standard InChI is InChI=1S/C20H18N4O5/c1-3-28-19(26)12-9-24-17(15(12)20(27)29-4-2)16(21-10-22-24)14-11-7-5-6-8-13(11)23-18(14)25/h5-10,14H,3-4H2,1-2H3,(H,23,25). The average Bonchev–Trinajstić information content (AvgIpc) is 3.25. The number of amides is 1. The van der Waals surface area contributed by atoms with Crippen molar-refractivity contribution in [2.24, 2.45) is 0 Å². The molecule has 2 aromatic heterocycles. The van der Waals surface area contributed by atoms with Crippen LogP contribution in [0.2, 0.25) is 0 Å². The van der Waals surface area contributed by atoms with Gasteiger partial charge in [-0.05, 0) is 25.5 Å². The molecular formula is C20H18N4O5. The Hall–Kier alpha value is -3.75. The van der Waals surface area contributed by atoms with E-state index in [1.54, 1.807) is 19.9 Å². The van der Waals surface area contributed by atoms with Gasteiger partial charge in [0.2, 0.25) is 5.91 Å². The second-order valence-electron chi connectivity index (χ2n) is 6.31. The van der Waals surface area contributed by atoms with E-state index < -0.39 is 17.9 Å². The van der Waals surface area contributed by atoms with Crippen LogP contribution in [-0.4, -0.2) is 45.7 Å². The lowest BCUT2D eigenvalue weighted by Crippen LogP contribution is -2.18. The normalized spacial score (nSPS) is 15.1. The Morgan fingerprint density at radius 1 is 1.14 bits per heavy atom. The number of anilines is 1. The fourth-order valence-corrected chi connectivity index (χ4v) is 3.50. The zero-order chi connectivity index (χ0) is 20.5. The third-order valence-corrected chi connectivity index (χ3v) is 4.64. The Labute approximate surface area is 165 Å². The molecule has 1 aromatic carbocycles. The number of benzene rings is 1. The quantitative estimate of drug-likeness (QED) is 0.660. The van der Waals surface area contributed by atoms with Gasteiger partial charge in [-0.1, -0.05) is 18.2 Å². The second kappa shape index (κ2) is 7.34. The predicted octanol–water partition coefficient (Wildman–Crippen LogP) is 2.17. The zero-order valence-corrected chi connectivity index (χ0v) is 15.8. The number of nitrogens with zero attached hydrogens (tertiary/aromatic N) is 3. The molecule has 0 saturated heterocycles. The molecule has 29 heavy (non-hydrogen) atoms. The number of fused-ring (bicyclic) bond motifs is 2. The smallest absolute Gasteiger partial charge is 0.341 e. The van der Waals surface area contributed by atoms with Gasteiger partial charge in [-0.2, -0.15) is 5.10 Å². The van der Waals surface area contributed by atoms with Crippen LogP contribution in [-0.2, 0) is 14.3 Å². The zero-order valence-electron chi connectivity index (χ0n) is 15.8. The van der Waals surface area contributed by atoms with Gasteiger partial charge >= 0.3 is 11.9 Å². The van der Waals surface area contributed by atoms with E-state index in [-0.39, 0.29) is 35.8 Å². The Kier molecular flexibility index (Phi) is 4.71. The fraction of sp³-hybridized carbons (Fsp3) is 0.250. The van der Waals surface area contributed by atoms with Crippen molar-refractivity contribution in [1.29, 1.82) is 0 Å². The topological polar surface area (TPSA) is 112 Å². The van der Waals surface area contributed by atoms with E-state index in [1.165, 1.54) is 17.0 Å². The first-order valence-corrected chi connectivity index (χ1v) is 9.17. The van der Waals surface area contributed by atoms with Crippen LogP contribution < -0.4 is 5.32 Å². The molecule has 3 aromatic rings. The highest BCUT2D eigenvalue weighted by molar-refractivity contribution is 6.11. The molecule has 4 rings (SSSR count). The number of para-hydroxylation sites is 1. The van der Waals surface area contributed by atoms with Crippen LogP contribution in [0.5, 0.6) is 0 Å². The second-order valence-corrected chi connectivity index (χ2v) is 6.31. The van der Waals surface area contributed by atoms with Crippen LogP contribution in [0.1, 0.15) is 51.7 Å². The highest BCUT2D eigenvalue weighted by atomic mass is 16.5. The van der Waals surface area contributed by atoms with Crippen LogP contribution in [0.25, 0.3) is 5.52 Å². The Balaban J connectivity index is 1.98. The first-order valence-electron chi connectivity index (χ1n) is 9.17. The lowest BCUT2D eigenvalue weighted by atomic mass is 9.95. The molecule has 9 nitrogen and oxygen atoms in total. The number of carbonyl (C=O) groups excluding carboxylic acids is 3. The number of carbonyl (C=O) groups is 3. The maximum Gasteiger partial charge on any atom is 0.341 e. The van der Waals surface area contributed by atoms with Gasteiger partial charge in [0, 0.05) is 11.9 Å². The van der Waals surface area contributed by atoms with Crippen molar-refractivity contribution in [3.05, 3.63) is 59.2 Å². The fourth-order valence-electron chi connectivity index (χ4n) is 3.50. The summed E-state index contributed by atoms with van der Waals surface area (Å²) in [6.45, 7) is 3.60. The summed E-state index contributed by atoms with van der Waals surface area (Å²) < 4.78 is 11.6. The number of hydrogen-bond acceptors (Lipinski definition) is 7. The third kappa shape index (κ3) is 3.00. The van der Waals surface area contributed by atoms with Gasteiger partial charge in [-0.25, -0.2) is 19.1 Å². The van der Waals surface area contributed by atoms with E-state index in [1.807, 2.05) is 18.2 Å². The molecule has 1 atom stereocenters. The summed E-state index contributed by atoms with van der Waals surface area (Å²) in [6, 6.07) is 7.24. The number of aromatic nitrogens is 3. The summed E-state index contributed by atoms with van der Waals surface area (Å²) in [4.78, 5) is 42.3.